The minimum atomic E-state index is -0.373. The van der Waals surface area contributed by atoms with Crippen LogP contribution in [0.1, 0.15) is 34.8 Å². The molecule has 1 aliphatic rings. The van der Waals surface area contributed by atoms with Gasteiger partial charge in [0.15, 0.2) is 5.82 Å². The molecule has 8 heteroatoms. The Morgan fingerprint density at radius 1 is 1.25 bits per heavy atom. The van der Waals surface area contributed by atoms with E-state index in [1.54, 1.807) is 23.1 Å². The first-order valence-electron chi connectivity index (χ1n) is 9.21. The van der Waals surface area contributed by atoms with E-state index in [1.165, 1.54) is 6.07 Å². The number of hydrogen-bond donors (Lipinski definition) is 1. The molecule has 2 aromatic heterocycles. The van der Waals surface area contributed by atoms with Crippen LogP contribution in [0.2, 0.25) is 0 Å². The fourth-order valence-corrected chi connectivity index (χ4v) is 3.46. The predicted molar refractivity (Wildman–Crippen MR) is 99.6 cm³/mol. The molecule has 0 atom stereocenters. The number of benzene rings is 1. The molecule has 0 radical (unpaired) electrons. The third-order valence-electron chi connectivity index (χ3n) is 5.08. The van der Waals surface area contributed by atoms with Crippen LogP contribution in [0.4, 0.5) is 15.9 Å². The summed E-state index contributed by atoms with van der Waals surface area (Å²) < 4.78 is 24.5. The Bertz CT molecular complexity index is 991. The molecular weight excluding hydrogens is 363 g/mol. The summed E-state index contributed by atoms with van der Waals surface area (Å²) in [6.07, 6.45) is 1.55. The molecule has 0 saturated heterocycles. The number of anilines is 2. The Labute approximate surface area is 161 Å². The van der Waals surface area contributed by atoms with Gasteiger partial charge in [-0.3, -0.25) is 4.79 Å². The van der Waals surface area contributed by atoms with E-state index in [0.29, 0.717) is 43.9 Å². The number of para-hydroxylation sites is 1. The van der Waals surface area contributed by atoms with Crippen molar-refractivity contribution < 1.29 is 18.2 Å². The number of fused-ring (bicyclic) bond motifs is 1. The maximum Gasteiger partial charge on any atom is 0.223 e. The van der Waals surface area contributed by atoms with Crippen LogP contribution in [0.3, 0.4) is 0 Å². The smallest absolute Gasteiger partial charge is 0.223 e. The van der Waals surface area contributed by atoms with Crippen molar-refractivity contribution in [2.45, 2.75) is 39.7 Å². The second-order valence-electron chi connectivity index (χ2n) is 6.91. The van der Waals surface area contributed by atoms with Crippen LogP contribution in [0.25, 0.3) is 0 Å². The summed E-state index contributed by atoms with van der Waals surface area (Å²) in [6.45, 7) is 4.68. The SMILES string of the molecule is Cc1noc(C)c1CCC(=O)N1CCc2onc(Nc3ccccc3F)c2C1. The van der Waals surface area contributed by atoms with Crippen molar-refractivity contribution in [3.05, 3.63) is 58.4 Å². The number of carbonyl (C=O) groups excluding carboxylic acids is 1. The number of rotatable bonds is 5. The first-order valence-corrected chi connectivity index (χ1v) is 9.21. The standard InChI is InChI=1S/C20H21FN4O3/c1-12-14(13(2)27-23-12)7-8-19(26)25-10-9-18-15(11-25)20(24-28-18)22-17-6-4-3-5-16(17)21/h3-6H,7-11H2,1-2H3,(H,22,24). The first kappa shape index (κ1) is 18.2. The molecule has 1 N–H and O–H groups in total. The average molecular weight is 384 g/mol. The molecule has 3 aromatic rings. The number of amides is 1. The predicted octanol–water partition coefficient (Wildman–Crippen LogP) is 3.68. The van der Waals surface area contributed by atoms with E-state index in [1.807, 2.05) is 13.8 Å². The van der Waals surface area contributed by atoms with Gasteiger partial charge >= 0.3 is 0 Å². The van der Waals surface area contributed by atoms with Gasteiger partial charge in [0.05, 0.1) is 23.5 Å². The monoisotopic (exact) mass is 384 g/mol. The molecule has 1 aliphatic heterocycles. The molecule has 1 amide bonds. The quantitative estimate of drug-likeness (QED) is 0.722. The van der Waals surface area contributed by atoms with Gasteiger partial charge in [0.2, 0.25) is 5.91 Å². The van der Waals surface area contributed by atoms with Gasteiger partial charge in [0.25, 0.3) is 0 Å². The zero-order chi connectivity index (χ0) is 19.7. The van der Waals surface area contributed by atoms with E-state index >= 15 is 0 Å². The molecule has 4 rings (SSSR count). The zero-order valence-electron chi connectivity index (χ0n) is 15.8. The molecule has 0 unspecified atom stereocenters. The van der Waals surface area contributed by atoms with Crippen LogP contribution < -0.4 is 5.32 Å². The fourth-order valence-electron chi connectivity index (χ4n) is 3.46. The molecule has 0 spiro atoms. The minimum Gasteiger partial charge on any atom is -0.361 e. The summed E-state index contributed by atoms with van der Waals surface area (Å²) in [6, 6.07) is 6.37. The minimum absolute atomic E-state index is 0.0451. The number of aryl methyl sites for hydroxylation is 2. The van der Waals surface area contributed by atoms with Crippen molar-refractivity contribution in [2.75, 3.05) is 11.9 Å². The molecule has 0 aliphatic carbocycles. The van der Waals surface area contributed by atoms with Gasteiger partial charge in [0.1, 0.15) is 17.3 Å². The Morgan fingerprint density at radius 2 is 2.07 bits per heavy atom. The molecule has 0 saturated carbocycles. The van der Waals surface area contributed by atoms with Gasteiger partial charge in [-0.25, -0.2) is 4.39 Å². The highest BCUT2D eigenvalue weighted by molar-refractivity contribution is 5.77. The zero-order valence-corrected chi connectivity index (χ0v) is 15.8. The lowest BCUT2D eigenvalue weighted by atomic mass is 10.0. The van der Waals surface area contributed by atoms with Crippen molar-refractivity contribution in [1.29, 1.82) is 0 Å². The molecule has 0 fully saturated rings. The molecule has 28 heavy (non-hydrogen) atoms. The van der Waals surface area contributed by atoms with Crippen molar-refractivity contribution in [3.8, 4) is 0 Å². The molecule has 146 valence electrons. The van der Waals surface area contributed by atoms with Crippen molar-refractivity contribution in [1.82, 2.24) is 15.2 Å². The topological polar surface area (TPSA) is 84.4 Å². The number of carbonyl (C=O) groups is 1. The molecule has 1 aromatic carbocycles. The summed E-state index contributed by atoms with van der Waals surface area (Å²) in [4.78, 5) is 14.5. The van der Waals surface area contributed by atoms with Crippen LogP contribution in [-0.4, -0.2) is 27.7 Å². The lowest BCUT2D eigenvalue weighted by Crippen LogP contribution is -2.35. The average Bonchev–Trinajstić information content (AvgIpc) is 3.24. The third-order valence-corrected chi connectivity index (χ3v) is 5.08. The highest BCUT2D eigenvalue weighted by Crippen LogP contribution is 2.29. The van der Waals surface area contributed by atoms with Crippen molar-refractivity contribution in [3.63, 3.8) is 0 Å². The summed E-state index contributed by atoms with van der Waals surface area (Å²) in [5.41, 5.74) is 2.92. The Kier molecular flexibility index (Phi) is 4.85. The maximum absolute atomic E-state index is 13.9. The van der Waals surface area contributed by atoms with Crippen LogP contribution in [0, 0.1) is 19.7 Å². The summed E-state index contributed by atoms with van der Waals surface area (Å²) in [5, 5.41) is 10.9. The number of nitrogens with zero attached hydrogens (tertiary/aromatic N) is 3. The number of hydrogen-bond acceptors (Lipinski definition) is 6. The number of nitrogens with one attached hydrogen (secondary N) is 1. The van der Waals surface area contributed by atoms with Crippen LogP contribution in [-0.2, 0) is 24.2 Å². The molecule has 7 nitrogen and oxygen atoms in total. The normalized spacial score (nSPS) is 13.5. The van der Waals surface area contributed by atoms with E-state index in [2.05, 4.69) is 15.6 Å². The molecule has 0 bridgehead atoms. The van der Waals surface area contributed by atoms with Crippen LogP contribution in [0.5, 0.6) is 0 Å². The summed E-state index contributed by atoms with van der Waals surface area (Å²) in [5.74, 6) is 1.60. The van der Waals surface area contributed by atoms with Crippen LogP contribution in [0.15, 0.2) is 33.3 Å². The van der Waals surface area contributed by atoms with E-state index < -0.39 is 0 Å². The highest BCUT2D eigenvalue weighted by atomic mass is 19.1. The summed E-state index contributed by atoms with van der Waals surface area (Å²) in [7, 11) is 0. The van der Waals surface area contributed by atoms with Gasteiger partial charge in [-0.2, -0.15) is 0 Å². The Hall–Kier alpha value is -3.16. The Balaban J connectivity index is 1.45. The highest BCUT2D eigenvalue weighted by Gasteiger charge is 2.27. The van der Waals surface area contributed by atoms with E-state index in [0.717, 1.165) is 28.3 Å². The van der Waals surface area contributed by atoms with Gasteiger partial charge in [-0.05, 0) is 32.4 Å². The van der Waals surface area contributed by atoms with Crippen molar-refractivity contribution in [2.24, 2.45) is 0 Å². The van der Waals surface area contributed by atoms with Crippen LogP contribution >= 0.6 is 0 Å². The lowest BCUT2D eigenvalue weighted by molar-refractivity contribution is -0.132. The van der Waals surface area contributed by atoms with Gasteiger partial charge in [-0.15, -0.1) is 0 Å². The lowest BCUT2D eigenvalue weighted by Gasteiger charge is -2.26. The van der Waals surface area contributed by atoms with E-state index in [4.69, 9.17) is 9.05 Å². The second kappa shape index (κ2) is 7.46. The Morgan fingerprint density at radius 3 is 2.82 bits per heavy atom. The van der Waals surface area contributed by atoms with E-state index in [-0.39, 0.29) is 11.7 Å². The third kappa shape index (κ3) is 3.49. The van der Waals surface area contributed by atoms with Gasteiger partial charge in [-0.1, -0.05) is 22.4 Å². The second-order valence-corrected chi connectivity index (χ2v) is 6.91. The molecular formula is C20H21FN4O3. The largest absolute Gasteiger partial charge is 0.361 e. The van der Waals surface area contributed by atoms with Gasteiger partial charge in [0, 0.05) is 24.9 Å². The summed E-state index contributed by atoms with van der Waals surface area (Å²) >= 11 is 0. The fraction of sp³-hybridized carbons (Fsp3) is 0.350. The van der Waals surface area contributed by atoms with Crippen molar-refractivity contribution >= 4 is 17.4 Å². The molecule has 3 heterocycles. The van der Waals surface area contributed by atoms with Gasteiger partial charge < -0.3 is 19.3 Å². The number of aromatic nitrogens is 2. The first-order chi connectivity index (χ1) is 13.5. The number of halogens is 1. The maximum atomic E-state index is 13.9. The van der Waals surface area contributed by atoms with E-state index in [9.17, 15) is 9.18 Å².